The van der Waals surface area contributed by atoms with E-state index in [9.17, 15) is 0 Å². The largest absolute Gasteiger partial charge is 0.489 e. The summed E-state index contributed by atoms with van der Waals surface area (Å²) in [6.45, 7) is 15.1. The number of rotatable bonds is 9. The van der Waals surface area contributed by atoms with Crippen LogP contribution >= 0.6 is 0 Å². The molecule has 28 heavy (non-hydrogen) atoms. The lowest BCUT2D eigenvalue weighted by atomic mass is 10.1. The molecule has 2 aromatic heterocycles. The summed E-state index contributed by atoms with van der Waals surface area (Å²) in [5.74, 6) is 1.45. The molecule has 3 heterocycles. The maximum absolute atomic E-state index is 7.10. The van der Waals surface area contributed by atoms with Gasteiger partial charge in [-0.1, -0.05) is 18.7 Å². The van der Waals surface area contributed by atoms with Crippen LogP contribution in [0, 0.1) is 12.5 Å². The summed E-state index contributed by atoms with van der Waals surface area (Å²) in [5.41, 5.74) is 3.11. The number of aromatic nitrogens is 2. The first kappa shape index (κ1) is 19.7. The fraction of sp³-hybridized carbons (Fsp3) is 0.318. The van der Waals surface area contributed by atoms with E-state index in [0.29, 0.717) is 24.8 Å². The molecule has 0 bridgehead atoms. The van der Waals surface area contributed by atoms with Gasteiger partial charge < -0.3 is 15.4 Å². The van der Waals surface area contributed by atoms with Crippen molar-refractivity contribution in [2.75, 3.05) is 26.2 Å². The lowest BCUT2D eigenvalue weighted by molar-refractivity contribution is 0.362. The molecule has 6 nitrogen and oxygen atoms in total. The molecule has 0 aromatic carbocycles. The Hall–Kier alpha value is -3.01. The van der Waals surface area contributed by atoms with Gasteiger partial charge >= 0.3 is 0 Å². The Kier molecular flexibility index (Phi) is 7.30. The second-order valence-corrected chi connectivity index (χ2v) is 6.73. The topological polar surface area (TPSA) is 63.4 Å². The number of pyridine rings is 2. The quantitative estimate of drug-likeness (QED) is 0.519. The first-order chi connectivity index (χ1) is 13.8. The van der Waals surface area contributed by atoms with E-state index >= 15 is 0 Å². The highest BCUT2D eigenvalue weighted by molar-refractivity contribution is 5.70. The maximum Gasteiger partial charge on any atom is 0.205 e. The van der Waals surface area contributed by atoms with Crippen LogP contribution in [-0.4, -0.2) is 36.2 Å². The highest BCUT2D eigenvalue weighted by atomic mass is 16.5. The van der Waals surface area contributed by atoms with Crippen molar-refractivity contribution in [3.8, 4) is 5.75 Å². The fourth-order valence-electron chi connectivity index (χ4n) is 3.07. The third-order valence-electron chi connectivity index (χ3n) is 4.46. The van der Waals surface area contributed by atoms with E-state index in [1.165, 1.54) is 6.42 Å². The van der Waals surface area contributed by atoms with Gasteiger partial charge in [-0.2, -0.15) is 0 Å². The van der Waals surface area contributed by atoms with Crippen LogP contribution in [-0.2, 0) is 6.54 Å². The maximum atomic E-state index is 7.10. The van der Waals surface area contributed by atoms with Crippen molar-refractivity contribution in [3.63, 3.8) is 0 Å². The summed E-state index contributed by atoms with van der Waals surface area (Å²) in [5, 5.41) is 6.88. The zero-order valence-electron chi connectivity index (χ0n) is 15.9. The molecule has 2 aromatic rings. The van der Waals surface area contributed by atoms with Gasteiger partial charge in [0.2, 0.25) is 5.69 Å². The zero-order chi connectivity index (χ0) is 19.6. The number of nitrogens with zero attached hydrogens (tertiary/aromatic N) is 3. The standard InChI is InChI=1S/C22H25N5O/c1-3-8-28-22-10-19(5-4-17-9-20(23-2)15-25-12-17)27-21(11-22)16-26-14-18-6-7-24-13-18/h3-5,9-12,15,18,24,26H,1,6-8,13-14,16H2/b5-4+. The van der Waals surface area contributed by atoms with E-state index in [2.05, 4.69) is 27.0 Å². The number of hydrogen-bond acceptors (Lipinski definition) is 5. The minimum atomic E-state index is 0.449. The molecule has 1 fully saturated rings. The zero-order valence-corrected chi connectivity index (χ0v) is 15.9. The van der Waals surface area contributed by atoms with Gasteiger partial charge in [0.15, 0.2) is 0 Å². The molecule has 2 N–H and O–H groups in total. The molecule has 3 rings (SSSR count). The molecule has 1 aliphatic heterocycles. The highest BCUT2D eigenvalue weighted by Gasteiger charge is 2.13. The Morgan fingerprint density at radius 2 is 2.25 bits per heavy atom. The van der Waals surface area contributed by atoms with Gasteiger partial charge in [-0.25, -0.2) is 4.85 Å². The summed E-state index contributed by atoms with van der Waals surface area (Å²) in [4.78, 5) is 12.2. The van der Waals surface area contributed by atoms with Crippen molar-refractivity contribution in [2.24, 2.45) is 5.92 Å². The molecule has 0 saturated carbocycles. The Labute approximate surface area is 166 Å². The number of nitrogens with one attached hydrogen (secondary N) is 2. The normalized spacial score (nSPS) is 16.2. The predicted molar refractivity (Wildman–Crippen MR) is 112 cm³/mol. The summed E-state index contributed by atoms with van der Waals surface area (Å²) in [7, 11) is 0. The lowest BCUT2D eigenvalue weighted by Gasteiger charge is -2.11. The van der Waals surface area contributed by atoms with Gasteiger partial charge in [-0.3, -0.25) is 9.97 Å². The minimum absolute atomic E-state index is 0.449. The van der Waals surface area contributed by atoms with Crippen molar-refractivity contribution in [3.05, 3.63) is 71.6 Å². The third kappa shape index (κ3) is 6.02. The van der Waals surface area contributed by atoms with Gasteiger partial charge in [0.05, 0.1) is 18.0 Å². The van der Waals surface area contributed by atoms with Gasteiger partial charge in [0, 0.05) is 31.1 Å². The SMILES string of the molecule is [C-]#[N+]c1cncc(/C=C/c2cc(OCC=C)cc(CNCC3CCNC3)n2)c1. The van der Waals surface area contributed by atoms with Crippen LogP contribution in [0.4, 0.5) is 5.69 Å². The Morgan fingerprint density at radius 1 is 1.32 bits per heavy atom. The summed E-state index contributed by atoms with van der Waals surface area (Å²) in [6.07, 6.45) is 10.0. The monoisotopic (exact) mass is 375 g/mol. The smallest absolute Gasteiger partial charge is 0.205 e. The van der Waals surface area contributed by atoms with Gasteiger partial charge in [0.25, 0.3) is 0 Å². The summed E-state index contributed by atoms with van der Waals surface area (Å²) < 4.78 is 5.72. The molecule has 1 unspecified atom stereocenters. The van der Waals surface area contributed by atoms with Gasteiger partial charge in [-0.15, -0.1) is 0 Å². The van der Waals surface area contributed by atoms with E-state index in [0.717, 1.165) is 42.3 Å². The van der Waals surface area contributed by atoms with Crippen molar-refractivity contribution in [1.82, 2.24) is 20.6 Å². The van der Waals surface area contributed by atoms with Gasteiger partial charge in [-0.05, 0) is 49.7 Å². The molecule has 0 aliphatic carbocycles. The average molecular weight is 375 g/mol. The molecule has 6 heteroatoms. The van der Waals surface area contributed by atoms with Crippen LogP contribution in [0.2, 0.25) is 0 Å². The molecule has 144 valence electrons. The molecular weight excluding hydrogens is 350 g/mol. The summed E-state index contributed by atoms with van der Waals surface area (Å²) in [6, 6.07) is 5.66. The van der Waals surface area contributed by atoms with E-state index in [1.807, 2.05) is 24.3 Å². The molecule has 1 aliphatic rings. The molecule has 0 spiro atoms. The molecule has 1 saturated heterocycles. The van der Waals surface area contributed by atoms with Crippen LogP contribution in [0.1, 0.15) is 23.4 Å². The molecule has 0 amide bonds. The Morgan fingerprint density at radius 3 is 3.04 bits per heavy atom. The van der Waals surface area contributed by atoms with E-state index in [-0.39, 0.29) is 0 Å². The van der Waals surface area contributed by atoms with Crippen LogP contribution in [0.3, 0.4) is 0 Å². The number of hydrogen-bond donors (Lipinski definition) is 2. The third-order valence-corrected chi connectivity index (χ3v) is 4.46. The lowest BCUT2D eigenvalue weighted by Crippen LogP contribution is -2.24. The van der Waals surface area contributed by atoms with Crippen LogP contribution < -0.4 is 15.4 Å². The Bertz CT molecular complexity index is 865. The minimum Gasteiger partial charge on any atom is -0.489 e. The molecular formula is C22H25N5O. The first-order valence-corrected chi connectivity index (χ1v) is 9.43. The van der Waals surface area contributed by atoms with Crippen molar-refractivity contribution in [2.45, 2.75) is 13.0 Å². The van der Waals surface area contributed by atoms with Crippen molar-refractivity contribution >= 4 is 17.8 Å². The predicted octanol–water partition coefficient (Wildman–Crippen LogP) is 3.46. The van der Waals surface area contributed by atoms with Crippen LogP contribution in [0.25, 0.3) is 17.0 Å². The molecule has 0 radical (unpaired) electrons. The second-order valence-electron chi connectivity index (χ2n) is 6.73. The van der Waals surface area contributed by atoms with Crippen LogP contribution in [0.15, 0.2) is 43.2 Å². The fourth-order valence-corrected chi connectivity index (χ4v) is 3.07. The molecule has 1 atom stereocenters. The number of ether oxygens (including phenoxy) is 1. The van der Waals surface area contributed by atoms with Crippen molar-refractivity contribution < 1.29 is 4.74 Å². The second kappa shape index (κ2) is 10.4. The Balaban J connectivity index is 1.71. The van der Waals surface area contributed by atoms with Crippen molar-refractivity contribution in [1.29, 1.82) is 0 Å². The van der Waals surface area contributed by atoms with E-state index in [4.69, 9.17) is 16.3 Å². The van der Waals surface area contributed by atoms with Gasteiger partial charge in [0.1, 0.15) is 12.4 Å². The average Bonchev–Trinajstić information content (AvgIpc) is 3.24. The van der Waals surface area contributed by atoms with E-state index in [1.54, 1.807) is 24.5 Å². The van der Waals surface area contributed by atoms with E-state index < -0.39 is 0 Å². The highest BCUT2D eigenvalue weighted by Crippen LogP contribution is 2.18. The van der Waals surface area contributed by atoms with Crippen LogP contribution in [0.5, 0.6) is 5.75 Å². The summed E-state index contributed by atoms with van der Waals surface area (Å²) >= 11 is 0. The first-order valence-electron chi connectivity index (χ1n) is 9.43.